The minimum Gasteiger partial charge on any atom is -0.357 e. The van der Waals surface area contributed by atoms with Crippen LogP contribution < -0.4 is 15.1 Å². The standard InChI is InChI=1S/C41H53N9O3/c1-26(40(53)47(4)30-7-5-28-21-34(43-33(28)22-30)38-32-11-14-41(2,3)23-35(32)45-46-38)49-19-17-48(18-20-49)25-27-12-15-50(16-13-27)36-9-6-29(24-42-36)31-8-10-37(51)44-39(31)52/h5-7,9,21-22,24,26-27,31,43H,8,10-20,23,25H2,1-4H3,(H,45,46)(H,44,51,52). The molecule has 0 saturated carbocycles. The molecule has 53 heavy (non-hydrogen) atoms. The first kappa shape index (κ1) is 35.5. The molecule has 1 aliphatic carbocycles. The smallest absolute Gasteiger partial charge is 0.243 e. The van der Waals surface area contributed by atoms with Crippen LogP contribution in [-0.2, 0) is 27.2 Å². The van der Waals surface area contributed by atoms with Gasteiger partial charge in [0, 0.05) is 93.3 Å². The number of pyridine rings is 1. The van der Waals surface area contributed by atoms with E-state index in [1.165, 1.54) is 11.3 Å². The average Bonchev–Trinajstić information content (AvgIpc) is 3.77. The first-order valence-electron chi connectivity index (χ1n) is 19.5. The molecule has 3 amide bonds. The number of imide groups is 1. The van der Waals surface area contributed by atoms with Crippen LogP contribution in [-0.4, -0.2) is 107 Å². The zero-order chi connectivity index (χ0) is 36.9. The summed E-state index contributed by atoms with van der Waals surface area (Å²) in [4.78, 5) is 54.9. The fourth-order valence-electron chi connectivity index (χ4n) is 8.93. The number of H-pyrrole nitrogens is 2. The molecule has 2 unspecified atom stereocenters. The summed E-state index contributed by atoms with van der Waals surface area (Å²) in [7, 11) is 1.89. The Morgan fingerprint density at radius 1 is 1.00 bits per heavy atom. The number of aromatic nitrogens is 4. The predicted octanol–water partition coefficient (Wildman–Crippen LogP) is 4.87. The van der Waals surface area contributed by atoms with E-state index < -0.39 is 0 Å². The Balaban J connectivity index is 0.806. The van der Waals surface area contributed by atoms with Gasteiger partial charge in [-0.1, -0.05) is 26.0 Å². The number of piperidine rings is 2. The van der Waals surface area contributed by atoms with Gasteiger partial charge < -0.3 is 19.7 Å². The molecule has 8 rings (SSSR count). The van der Waals surface area contributed by atoms with Crippen LogP contribution in [0.5, 0.6) is 0 Å². The number of fused-ring (bicyclic) bond motifs is 2. The third kappa shape index (κ3) is 7.35. The predicted molar refractivity (Wildman–Crippen MR) is 207 cm³/mol. The van der Waals surface area contributed by atoms with E-state index in [4.69, 9.17) is 10.1 Å². The fourth-order valence-corrected chi connectivity index (χ4v) is 8.93. The van der Waals surface area contributed by atoms with Crippen molar-refractivity contribution in [3.05, 3.63) is 59.4 Å². The highest BCUT2D eigenvalue weighted by Gasteiger charge is 2.32. The number of benzene rings is 1. The first-order chi connectivity index (χ1) is 25.5. The highest BCUT2D eigenvalue weighted by atomic mass is 16.2. The zero-order valence-corrected chi connectivity index (χ0v) is 31.6. The Hall–Kier alpha value is -4.55. The maximum atomic E-state index is 13.8. The number of rotatable bonds is 8. The van der Waals surface area contributed by atoms with Gasteiger partial charge in [-0.2, -0.15) is 5.10 Å². The van der Waals surface area contributed by atoms with Gasteiger partial charge in [-0.05, 0) is 86.6 Å². The van der Waals surface area contributed by atoms with Crippen molar-refractivity contribution in [3.63, 3.8) is 0 Å². The minimum absolute atomic E-state index is 0.111. The number of anilines is 2. The molecule has 4 aromatic rings. The molecule has 280 valence electrons. The Morgan fingerprint density at radius 2 is 1.79 bits per heavy atom. The lowest BCUT2D eigenvalue weighted by Gasteiger charge is -2.41. The highest BCUT2D eigenvalue weighted by molar-refractivity contribution is 6.01. The fraction of sp³-hybridized carbons (Fsp3) is 0.537. The number of piperazine rings is 1. The van der Waals surface area contributed by atoms with Crippen LogP contribution in [0.1, 0.15) is 75.6 Å². The molecule has 3 N–H and O–H groups in total. The van der Waals surface area contributed by atoms with E-state index in [1.807, 2.05) is 32.2 Å². The van der Waals surface area contributed by atoms with E-state index in [9.17, 15) is 14.4 Å². The highest BCUT2D eigenvalue weighted by Crippen LogP contribution is 2.38. The van der Waals surface area contributed by atoms with Gasteiger partial charge in [0.25, 0.3) is 0 Å². The van der Waals surface area contributed by atoms with Gasteiger partial charge in [-0.25, -0.2) is 4.98 Å². The van der Waals surface area contributed by atoms with Gasteiger partial charge in [-0.3, -0.25) is 29.7 Å². The number of carbonyl (C=O) groups is 3. The van der Waals surface area contributed by atoms with Crippen molar-refractivity contribution in [1.82, 2.24) is 35.3 Å². The summed E-state index contributed by atoms with van der Waals surface area (Å²) >= 11 is 0. The van der Waals surface area contributed by atoms with E-state index in [-0.39, 0.29) is 29.7 Å². The van der Waals surface area contributed by atoms with Crippen LogP contribution in [0.2, 0.25) is 0 Å². The number of hydrogen-bond donors (Lipinski definition) is 3. The molecule has 0 spiro atoms. The molecule has 3 fully saturated rings. The van der Waals surface area contributed by atoms with Gasteiger partial charge >= 0.3 is 0 Å². The van der Waals surface area contributed by atoms with Crippen LogP contribution in [0.15, 0.2) is 42.6 Å². The molecule has 3 saturated heterocycles. The minimum atomic E-state index is -0.302. The van der Waals surface area contributed by atoms with Crippen LogP contribution >= 0.6 is 0 Å². The number of likely N-dealkylation sites (N-methyl/N-ethyl adjacent to an activating group) is 1. The number of nitrogens with zero attached hydrogens (tertiary/aromatic N) is 6. The summed E-state index contributed by atoms with van der Waals surface area (Å²) < 4.78 is 0. The number of hydrogen-bond acceptors (Lipinski definition) is 8. The molecule has 2 atom stereocenters. The van der Waals surface area contributed by atoms with E-state index in [2.05, 4.69) is 62.1 Å². The van der Waals surface area contributed by atoms with Gasteiger partial charge in [0.2, 0.25) is 17.7 Å². The largest absolute Gasteiger partial charge is 0.357 e. The van der Waals surface area contributed by atoms with Crippen LogP contribution in [0.3, 0.4) is 0 Å². The van der Waals surface area contributed by atoms with E-state index in [0.29, 0.717) is 24.2 Å². The van der Waals surface area contributed by atoms with Crippen molar-refractivity contribution >= 4 is 40.1 Å². The monoisotopic (exact) mass is 719 g/mol. The molecule has 1 aromatic carbocycles. The molecule has 12 nitrogen and oxygen atoms in total. The molecule has 3 aliphatic heterocycles. The number of aromatic amines is 2. The van der Waals surface area contributed by atoms with Crippen molar-refractivity contribution < 1.29 is 14.4 Å². The maximum Gasteiger partial charge on any atom is 0.243 e. The molecular formula is C41H53N9O3. The summed E-state index contributed by atoms with van der Waals surface area (Å²) in [5.41, 5.74) is 7.69. The van der Waals surface area contributed by atoms with Crippen LogP contribution in [0.25, 0.3) is 22.3 Å². The number of amides is 3. The van der Waals surface area contributed by atoms with Crippen molar-refractivity contribution in [2.75, 3.05) is 62.7 Å². The van der Waals surface area contributed by atoms with E-state index in [1.54, 1.807) is 11.1 Å². The second-order valence-electron chi connectivity index (χ2n) is 16.6. The summed E-state index contributed by atoms with van der Waals surface area (Å²) in [6, 6.07) is 12.2. The van der Waals surface area contributed by atoms with Gasteiger partial charge in [-0.15, -0.1) is 0 Å². The summed E-state index contributed by atoms with van der Waals surface area (Å²) in [5, 5.41) is 11.6. The molecule has 12 heteroatoms. The van der Waals surface area contributed by atoms with Gasteiger partial charge in [0.15, 0.2) is 0 Å². The van der Waals surface area contributed by atoms with Crippen LogP contribution in [0, 0.1) is 11.3 Å². The molecule has 0 bridgehead atoms. The number of nitrogens with one attached hydrogen (secondary N) is 3. The Bertz CT molecular complexity index is 1980. The third-order valence-corrected chi connectivity index (χ3v) is 12.4. The van der Waals surface area contributed by atoms with Crippen LogP contribution in [0.4, 0.5) is 11.5 Å². The quantitative estimate of drug-likeness (QED) is 0.220. The molecule has 3 aromatic heterocycles. The van der Waals surface area contributed by atoms with Crippen molar-refractivity contribution in [2.45, 2.75) is 77.7 Å². The molecular weight excluding hydrogens is 667 g/mol. The van der Waals surface area contributed by atoms with Crippen molar-refractivity contribution in [2.24, 2.45) is 11.3 Å². The topological polar surface area (TPSA) is 134 Å². The van der Waals surface area contributed by atoms with Gasteiger partial charge in [0.1, 0.15) is 11.5 Å². The lowest BCUT2D eigenvalue weighted by Crippen LogP contribution is -2.55. The van der Waals surface area contributed by atoms with E-state index in [0.717, 1.165) is 117 Å². The molecule has 0 radical (unpaired) electrons. The third-order valence-electron chi connectivity index (χ3n) is 12.4. The lowest BCUT2D eigenvalue weighted by molar-refractivity contribution is -0.134. The summed E-state index contributed by atoms with van der Waals surface area (Å²) in [6.45, 7) is 13.4. The normalized spacial score (nSPS) is 22.1. The van der Waals surface area contributed by atoms with Crippen molar-refractivity contribution in [1.29, 1.82) is 0 Å². The summed E-state index contributed by atoms with van der Waals surface area (Å²) in [5.74, 6) is 0.978. The average molecular weight is 720 g/mol. The zero-order valence-electron chi connectivity index (χ0n) is 31.6. The Kier molecular flexibility index (Phi) is 9.61. The second kappa shape index (κ2) is 14.4. The second-order valence-corrected chi connectivity index (χ2v) is 16.6. The Labute approximate surface area is 311 Å². The van der Waals surface area contributed by atoms with E-state index >= 15 is 0 Å². The molecule has 6 heterocycles. The number of carbonyl (C=O) groups excluding carboxylic acids is 3. The Morgan fingerprint density at radius 3 is 2.53 bits per heavy atom. The summed E-state index contributed by atoms with van der Waals surface area (Å²) in [6.07, 6.45) is 8.15. The lowest BCUT2D eigenvalue weighted by atomic mass is 9.76. The van der Waals surface area contributed by atoms with Gasteiger partial charge in [0.05, 0.1) is 17.7 Å². The maximum absolute atomic E-state index is 13.8. The van der Waals surface area contributed by atoms with Crippen molar-refractivity contribution in [3.8, 4) is 11.4 Å². The molecule has 4 aliphatic rings. The SMILES string of the molecule is CC(C(=O)N(C)c1ccc2cc(-c3n[nH]c4c3CCC(C)(C)C4)[nH]c2c1)N1CCN(CC2CCN(c3ccc(C4CCC(=O)NC4=O)cn3)CC2)CC1. The first-order valence-corrected chi connectivity index (χ1v) is 19.5.